The number of rotatable bonds is 10. The first-order chi connectivity index (χ1) is 20.8. The number of aromatic carboxylic acids is 1. The topological polar surface area (TPSA) is 136 Å². The quantitative estimate of drug-likeness (QED) is 0.226. The van der Waals surface area contributed by atoms with Crippen LogP contribution in [0.25, 0.3) is 5.69 Å². The molecule has 5 rings (SSSR count). The molecule has 0 saturated heterocycles. The van der Waals surface area contributed by atoms with Crippen LogP contribution in [0.1, 0.15) is 58.1 Å². The van der Waals surface area contributed by atoms with E-state index >= 15 is 0 Å². The number of halogens is 4. The van der Waals surface area contributed by atoms with Crippen molar-refractivity contribution in [2.75, 3.05) is 13.7 Å². The van der Waals surface area contributed by atoms with Gasteiger partial charge < -0.3 is 14.9 Å². The molecule has 2 unspecified atom stereocenters. The number of aliphatic carboxylic acids is 1. The summed E-state index contributed by atoms with van der Waals surface area (Å²) in [7, 11) is 3.90. The molecule has 2 aromatic carbocycles. The molecular weight excluding hydrogens is 649 g/mol. The summed E-state index contributed by atoms with van der Waals surface area (Å²) in [5.41, 5.74) is 4.88. The summed E-state index contributed by atoms with van der Waals surface area (Å²) in [6, 6.07) is 14.2. The largest absolute Gasteiger partial charge is 0.494 e. The summed E-state index contributed by atoms with van der Waals surface area (Å²) < 4.78 is 42.0. The molecule has 0 radical (unpaired) electrons. The Hall–Kier alpha value is -4.24. The number of hydrogen-bond donors (Lipinski definition) is 2. The second-order valence-corrected chi connectivity index (χ2v) is 11.2. The highest BCUT2D eigenvalue weighted by atomic mass is 79.9. The van der Waals surface area contributed by atoms with Gasteiger partial charge in [-0.2, -0.15) is 18.3 Å². The maximum Gasteiger partial charge on any atom is 0.490 e. The Morgan fingerprint density at radius 3 is 2.48 bits per heavy atom. The molecule has 2 aromatic heterocycles. The maximum absolute atomic E-state index is 12.0. The number of nitrogens with zero attached hydrogens (tertiary/aromatic N) is 6. The van der Waals surface area contributed by atoms with Crippen LogP contribution in [0.3, 0.4) is 0 Å². The average molecular weight is 679 g/mol. The average Bonchev–Trinajstić information content (AvgIpc) is 3.38. The van der Waals surface area contributed by atoms with Crippen molar-refractivity contribution >= 4 is 27.9 Å². The molecule has 234 valence electrons. The van der Waals surface area contributed by atoms with E-state index in [1.807, 2.05) is 44.4 Å². The van der Waals surface area contributed by atoms with Crippen molar-refractivity contribution in [1.29, 1.82) is 0 Å². The van der Waals surface area contributed by atoms with E-state index in [-0.39, 0.29) is 17.4 Å². The summed E-state index contributed by atoms with van der Waals surface area (Å²) in [6.07, 6.45) is -0.919. The first-order valence-corrected chi connectivity index (χ1v) is 14.2. The fourth-order valence-corrected chi connectivity index (χ4v) is 5.27. The van der Waals surface area contributed by atoms with Gasteiger partial charge in [0.05, 0.1) is 29.9 Å². The summed E-state index contributed by atoms with van der Waals surface area (Å²) >= 11 is 3.56. The smallest absolute Gasteiger partial charge is 0.490 e. The molecule has 11 nitrogen and oxygen atoms in total. The minimum absolute atomic E-state index is 0.0325. The lowest BCUT2D eigenvalue weighted by molar-refractivity contribution is -0.192. The monoisotopic (exact) mass is 678 g/mol. The van der Waals surface area contributed by atoms with Crippen LogP contribution in [0.4, 0.5) is 13.2 Å². The Labute approximate surface area is 259 Å². The van der Waals surface area contributed by atoms with Crippen LogP contribution in [0.2, 0.25) is 0 Å². The lowest BCUT2D eigenvalue weighted by atomic mass is 10.1. The van der Waals surface area contributed by atoms with Gasteiger partial charge in [-0.15, -0.1) is 5.10 Å². The van der Waals surface area contributed by atoms with Gasteiger partial charge in [-0.1, -0.05) is 33.3 Å². The number of aryl methyl sites for hydroxylation is 1. The van der Waals surface area contributed by atoms with E-state index < -0.39 is 18.1 Å². The highest BCUT2D eigenvalue weighted by molar-refractivity contribution is 9.10. The van der Waals surface area contributed by atoms with Gasteiger partial charge in [0.25, 0.3) is 0 Å². The van der Waals surface area contributed by atoms with E-state index in [2.05, 4.69) is 61.5 Å². The highest BCUT2D eigenvalue weighted by Crippen LogP contribution is 2.55. The molecule has 1 fully saturated rings. The number of carbonyl (C=O) groups is 2. The second kappa shape index (κ2) is 13.6. The number of carboxylic acids is 2. The minimum atomic E-state index is -5.08. The first-order valence-electron chi connectivity index (χ1n) is 13.4. The lowest BCUT2D eigenvalue weighted by Crippen LogP contribution is -2.21. The highest BCUT2D eigenvalue weighted by Gasteiger charge is 2.46. The molecule has 2 N–H and O–H groups in total. The Kier molecular flexibility index (Phi) is 10.1. The SMILES string of the molecule is CCOc1ccc(Br)cc1CN(C)Cc1cccc(-n2ncc(C(=O)O)c2C2CC2c2cn(C)nn2)c1.O=C(O)C(F)(F)F. The first kappa shape index (κ1) is 32.7. The van der Waals surface area contributed by atoms with Crippen molar-refractivity contribution in [3.8, 4) is 11.4 Å². The third-order valence-electron chi connectivity index (χ3n) is 6.79. The summed E-state index contributed by atoms with van der Waals surface area (Å²) in [4.78, 5) is 23.1. The molecule has 4 aromatic rings. The number of alkyl halides is 3. The van der Waals surface area contributed by atoms with Crippen LogP contribution in [-0.2, 0) is 24.9 Å². The summed E-state index contributed by atoms with van der Waals surface area (Å²) in [5, 5.41) is 29.7. The van der Waals surface area contributed by atoms with E-state index in [1.165, 1.54) is 6.20 Å². The van der Waals surface area contributed by atoms with Crippen molar-refractivity contribution in [3.63, 3.8) is 0 Å². The van der Waals surface area contributed by atoms with Gasteiger partial charge in [-0.25, -0.2) is 14.3 Å². The van der Waals surface area contributed by atoms with Gasteiger partial charge in [0.2, 0.25) is 0 Å². The van der Waals surface area contributed by atoms with E-state index in [1.54, 1.807) is 9.36 Å². The maximum atomic E-state index is 12.0. The molecule has 2 atom stereocenters. The van der Waals surface area contributed by atoms with Crippen LogP contribution in [0.15, 0.2) is 59.3 Å². The summed E-state index contributed by atoms with van der Waals surface area (Å²) in [6.45, 7) is 4.03. The molecule has 44 heavy (non-hydrogen) atoms. The van der Waals surface area contributed by atoms with Crippen molar-refractivity contribution in [2.24, 2.45) is 7.05 Å². The van der Waals surface area contributed by atoms with Gasteiger partial charge in [-0.3, -0.25) is 9.58 Å². The van der Waals surface area contributed by atoms with Crippen LogP contribution in [0.5, 0.6) is 5.75 Å². The van der Waals surface area contributed by atoms with Gasteiger partial charge in [-0.05, 0) is 56.3 Å². The molecule has 1 aliphatic carbocycles. The number of aromatic nitrogens is 5. The normalized spacial score (nSPS) is 15.9. The Morgan fingerprint density at radius 1 is 1.14 bits per heavy atom. The number of carboxylic acid groups (broad SMARTS) is 2. The van der Waals surface area contributed by atoms with Crippen LogP contribution in [0, 0.1) is 0 Å². The van der Waals surface area contributed by atoms with Crippen molar-refractivity contribution in [1.82, 2.24) is 29.7 Å². The molecule has 2 heterocycles. The van der Waals surface area contributed by atoms with Crippen LogP contribution in [-0.4, -0.2) is 71.7 Å². The zero-order valence-electron chi connectivity index (χ0n) is 24.0. The van der Waals surface area contributed by atoms with Crippen molar-refractivity contribution in [2.45, 2.75) is 44.4 Å². The van der Waals surface area contributed by atoms with E-state index in [4.69, 9.17) is 14.6 Å². The fraction of sp³-hybridized carbons (Fsp3) is 0.345. The Morgan fingerprint density at radius 2 is 1.86 bits per heavy atom. The third kappa shape index (κ3) is 8.02. The molecule has 0 amide bonds. The molecule has 1 aliphatic rings. The molecule has 15 heteroatoms. The van der Waals surface area contributed by atoms with Gasteiger partial charge in [0.15, 0.2) is 0 Å². The predicted octanol–water partition coefficient (Wildman–Crippen LogP) is 5.40. The number of ether oxygens (including phenoxy) is 1. The third-order valence-corrected chi connectivity index (χ3v) is 7.28. The fourth-order valence-electron chi connectivity index (χ4n) is 4.86. The van der Waals surface area contributed by atoms with E-state index in [0.29, 0.717) is 18.8 Å². The van der Waals surface area contributed by atoms with Gasteiger partial charge >= 0.3 is 18.1 Å². The van der Waals surface area contributed by atoms with Crippen molar-refractivity contribution in [3.05, 3.63) is 87.4 Å². The predicted molar refractivity (Wildman–Crippen MR) is 156 cm³/mol. The Bertz CT molecular complexity index is 1640. The second-order valence-electron chi connectivity index (χ2n) is 10.3. The molecule has 0 bridgehead atoms. The minimum Gasteiger partial charge on any atom is -0.494 e. The number of hydrogen-bond acceptors (Lipinski definition) is 7. The van der Waals surface area contributed by atoms with Crippen LogP contribution < -0.4 is 4.74 Å². The zero-order valence-corrected chi connectivity index (χ0v) is 25.6. The van der Waals surface area contributed by atoms with Gasteiger partial charge in [0.1, 0.15) is 11.3 Å². The van der Waals surface area contributed by atoms with Crippen molar-refractivity contribution < 1.29 is 37.7 Å². The molecule has 0 spiro atoms. The van der Waals surface area contributed by atoms with Crippen LogP contribution >= 0.6 is 15.9 Å². The zero-order chi connectivity index (χ0) is 32.2. The standard InChI is InChI=1S/C27H29BrN6O3.C2HF3O2/c1-4-37-25-9-8-19(28)11-18(25)15-32(2)14-17-6-5-7-20(10-17)34-26(23(13-29-34)27(35)36)22-12-21(22)24-16-33(3)31-30-24;3-2(4,5)1(6)7/h5-11,13,16,21-22H,4,12,14-15H2,1-3H3,(H,35,36);(H,6,7). The molecule has 1 saturated carbocycles. The number of benzene rings is 2. The Balaban J connectivity index is 0.000000566. The van der Waals surface area contributed by atoms with E-state index in [0.717, 1.165) is 45.7 Å². The summed E-state index contributed by atoms with van der Waals surface area (Å²) in [5.74, 6) is -2.67. The molecule has 0 aliphatic heterocycles. The molecular formula is C29H30BrF3N6O5. The lowest BCUT2D eigenvalue weighted by Gasteiger charge is -2.20. The van der Waals surface area contributed by atoms with Gasteiger partial charge in [0, 0.05) is 48.2 Å². The van der Waals surface area contributed by atoms with E-state index in [9.17, 15) is 23.1 Å².